The maximum absolute atomic E-state index is 6.68. The van der Waals surface area contributed by atoms with Gasteiger partial charge in [-0.3, -0.25) is 0 Å². The van der Waals surface area contributed by atoms with Crippen molar-refractivity contribution in [3.8, 4) is 0 Å². The van der Waals surface area contributed by atoms with Crippen molar-refractivity contribution in [3.63, 3.8) is 0 Å². The predicted octanol–water partition coefficient (Wildman–Crippen LogP) is 4.46. The topological polar surface area (TPSA) is 31.6 Å². The van der Waals surface area contributed by atoms with Crippen LogP contribution in [0, 0.1) is 17.3 Å². The molecule has 1 saturated heterocycles. The highest BCUT2D eigenvalue weighted by molar-refractivity contribution is 6.59. The van der Waals surface area contributed by atoms with E-state index in [0.29, 0.717) is 17.8 Å². The second-order valence-corrected chi connectivity index (χ2v) is 8.78. The molecule has 0 radical (unpaired) electrons. The Kier molecular flexibility index (Phi) is 3.36. The molecule has 1 aromatic heterocycles. The summed E-state index contributed by atoms with van der Waals surface area (Å²) in [7, 11) is -0.314. The molecule has 4 fully saturated rings. The minimum atomic E-state index is -0.314. The molecule has 2 bridgehead atoms. The SMILES string of the molecule is CC1(C)C2CC3OB(C(Cl)Cc4coc5ccccc45)OC3C1C2. The van der Waals surface area contributed by atoms with Crippen LogP contribution in [0.4, 0.5) is 0 Å². The summed E-state index contributed by atoms with van der Waals surface area (Å²) in [6.45, 7) is 4.74. The van der Waals surface area contributed by atoms with Gasteiger partial charge in [0.05, 0.1) is 23.7 Å². The summed E-state index contributed by atoms with van der Waals surface area (Å²) in [5, 5.41) is 0.930. The minimum absolute atomic E-state index is 0.197. The molecular weight excluding hydrogens is 322 g/mol. The number of alkyl halides is 1. The first-order valence-electron chi connectivity index (χ1n) is 8.94. The molecule has 6 rings (SSSR count). The van der Waals surface area contributed by atoms with Gasteiger partial charge in [-0.15, -0.1) is 11.6 Å². The lowest BCUT2D eigenvalue weighted by molar-refractivity contribution is -0.150. The second-order valence-electron chi connectivity index (χ2n) is 8.22. The lowest BCUT2D eigenvalue weighted by Gasteiger charge is -2.60. The van der Waals surface area contributed by atoms with Crippen molar-refractivity contribution in [1.29, 1.82) is 0 Å². The van der Waals surface area contributed by atoms with Crippen molar-refractivity contribution in [2.24, 2.45) is 17.3 Å². The third-order valence-corrected chi connectivity index (χ3v) is 7.06. The van der Waals surface area contributed by atoms with Crippen LogP contribution in [0.25, 0.3) is 11.0 Å². The van der Waals surface area contributed by atoms with Crippen molar-refractivity contribution in [2.45, 2.75) is 50.6 Å². The van der Waals surface area contributed by atoms with Crippen LogP contribution in [0.3, 0.4) is 0 Å². The molecule has 4 aliphatic rings. The van der Waals surface area contributed by atoms with Crippen LogP contribution in [-0.2, 0) is 15.7 Å². The quantitative estimate of drug-likeness (QED) is 0.608. The first-order valence-corrected chi connectivity index (χ1v) is 9.38. The van der Waals surface area contributed by atoms with Crippen LogP contribution >= 0.6 is 11.6 Å². The van der Waals surface area contributed by atoms with E-state index in [4.69, 9.17) is 25.3 Å². The van der Waals surface area contributed by atoms with Crippen LogP contribution in [0.5, 0.6) is 0 Å². The van der Waals surface area contributed by atoms with Gasteiger partial charge in [-0.05, 0) is 48.1 Å². The fraction of sp³-hybridized carbons (Fsp3) is 0.579. The van der Waals surface area contributed by atoms with Gasteiger partial charge in [0.2, 0.25) is 0 Å². The molecule has 1 aliphatic heterocycles. The van der Waals surface area contributed by atoms with Crippen LogP contribution in [0.15, 0.2) is 34.9 Å². The fourth-order valence-electron chi connectivity index (χ4n) is 5.03. The Balaban J connectivity index is 1.31. The number of hydrogen-bond donors (Lipinski definition) is 0. The number of fused-ring (bicyclic) bond motifs is 1. The maximum atomic E-state index is 6.68. The molecule has 126 valence electrons. The highest BCUT2D eigenvalue weighted by atomic mass is 35.5. The van der Waals surface area contributed by atoms with Crippen molar-refractivity contribution >= 4 is 29.7 Å². The first kappa shape index (κ1) is 15.3. The molecule has 5 heteroatoms. The zero-order valence-corrected chi connectivity index (χ0v) is 14.8. The highest BCUT2D eigenvalue weighted by Crippen LogP contribution is 2.61. The van der Waals surface area contributed by atoms with Crippen molar-refractivity contribution < 1.29 is 13.7 Å². The van der Waals surface area contributed by atoms with Gasteiger partial charge in [0.1, 0.15) is 5.58 Å². The van der Waals surface area contributed by atoms with Gasteiger partial charge in [0, 0.05) is 5.39 Å². The molecule has 1 aromatic carbocycles. The van der Waals surface area contributed by atoms with Crippen LogP contribution in [0.1, 0.15) is 32.3 Å². The largest absolute Gasteiger partial charge is 0.476 e. The van der Waals surface area contributed by atoms with E-state index in [1.807, 2.05) is 24.5 Å². The number of rotatable bonds is 3. The molecule has 3 saturated carbocycles. The van der Waals surface area contributed by atoms with Gasteiger partial charge >= 0.3 is 7.12 Å². The molecule has 0 N–H and O–H groups in total. The predicted molar refractivity (Wildman–Crippen MR) is 95.1 cm³/mol. The smallest absolute Gasteiger partial charge is 0.464 e. The molecule has 24 heavy (non-hydrogen) atoms. The molecule has 3 nitrogen and oxygen atoms in total. The normalized spacial score (nSPS) is 34.9. The van der Waals surface area contributed by atoms with Crippen molar-refractivity contribution in [1.82, 2.24) is 0 Å². The van der Waals surface area contributed by atoms with E-state index < -0.39 is 0 Å². The monoisotopic (exact) mass is 344 g/mol. The Bertz CT molecular complexity index is 773. The molecule has 3 aliphatic carbocycles. The summed E-state index contributed by atoms with van der Waals surface area (Å²) >= 11 is 6.68. The lowest BCUT2D eigenvalue weighted by Crippen LogP contribution is -2.59. The number of hydrogen-bond acceptors (Lipinski definition) is 3. The average Bonchev–Trinajstić information content (AvgIpc) is 3.18. The Labute approximate surface area is 147 Å². The summed E-state index contributed by atoms with van der Waals surface area (Å²) in [5.74, 6) is 1.39. The van der Waals surface area contributed by atoms with Crippen LogP contribution in [-0.4, -0.2) is 24.6 Å². The van der Waals surface area contributed by atoms with Gasteiger partial charge < -0.3 is 13.7 Å². The van der Waals surface area contributed by atoms with E-state index in [-0.39, 0.29) is 24.6 Å². The molecular formula is C19H22BClO3. The summed E-state index contributed by atoms with van der Waals surface area (Å²) in [5.41, 5.74) is 2.42. The third kappa shape index (κ3) is 2.12. The molecule has 5 atom stereocenters. The zero-order chi connectivity index (χ0) is 16.5. The molecule has 0 amide bonds. The van der Waals surface area contributed by atoms with E-state index in [1.165, 1.54) is 6.42 Å². The minimum Gasteiger partial charge on any atom is -0.464 e. The standard InChI is InChI=1S/C19H22BClO3/c1-19(2)12-8-14(19)18-16(9-12)23-20(24-18)17(21)7-11-10-22-15-6-4-3-5-13(11)15/h3-6,10,12,14,16-18H,7-9H2,1-2H3. The van der Waals surface area contributed by atoms with Crippen LogP contribution < -0.4 is 0 Å². The number of benzene rings is 1. The van der Waals surface area contributed by atoms with E-state index in [2.05, 4.69) is 19.9 Å². The number of para-hydroxylation sites is 1. The Morgan fingerprint density at radius 3 is 2.92 bits per heavy atom. The molecule has 5 unspecified atom stereocenters. The summed E-state index contributed by atoms with van der Waals surface area (Å²) < 4.78 is 18.1. The van der Waals surface area contributed by atoms with Crippen molar-refractivity contribution in [2.75, 3.05) is 0 Å². The molecule has 2 heterocycles. The van der Waals surface area contributed by atoms with Gasteiger partial charge in [-0.1, -0.05) is 32.0 Å². The third-order valence-electron chi connectivity index (χ3n) is 6.70. The second kappa shape index (κ2) is 5.26. The number of furan rings is 1. The van der Waals surface area contributed by atoms with Crippen LogP contribution in [0.2, 0.25) is 0 Å². The zero-order valence-electron chi connectivity index (χ0n) is 14.1. The van der Waals surface area contributed by atoms with Gasteiger partial charge in [0.15, 0.2) is 0 Å². The molecule has 0 spiro atoms. The first-order chi connectivity index (χ1) is 11.5. The lowest BCUT2D eigenvalue weighted by atomic mass is 9.47. The maximum Gasteiger partial charge on any atom is 0.476 e. The van der Waals surface area contributed by atoms with E-state index >= 15 is 0 Å². The summed E-state index contributed by atoms with van der Waals surface area (Å²) in [4.78, 5) is 0. The van der Waals surface area contributed by atoms with Gasteiger partial charge in [-0.2, -0.15) is 0 Å². The number of halogens is 1. The van der Waals surface area contributed by atoms with E-state index in [9.17, 15) is 0 Å². The Morgan fingerprint density at radius 2 is 2.08 bits per heavy atom. The summed E-state index contributed by atoms with van der Waals surface area (Å²) in [6, 6.07) is 8.06. The van der Waals surface area contributed by atoms with Crippen molar-refractivity contribution in [3.05, 3.63) is 36.1 Å². The van der Waals surface area contributed by atoms with E-state index in [1.54, 1.807) is 0 Å². The summed E-state index contributed by atoms with van der Waals surface area (Å²) in [6.07, 6.45) is 5.35. The Hall–Kier alpha value is -0.965. The van der Waals surface area contributed by atoms with Gasteiger partial charge in [-0.25, -0.2) is 0 Å². The average molecular weight is 345 g/mol. The fourth-order valence-corrected chi connectivity index (χ4v) is 5.31. The van der Waals surface area contributed by atoms with Gasteiger partial charge in [0.25, 0.3) is 0 Å². The Morgan fingerprint density at radius 1 is 1.25 bits per heavy atom. The van der Waals surface area contributed by atoms with E-state index in [0.717, 1.165) is 28.9 Å². The highest BCUT2D eigenvalue weighted by Gasteiger charge is 2.62. The molecule has 2 aromatic rings.